The molecule has 0 aliphatic carbocycles. The zero-order chi connectivity index (χ0) is 16.0. The number of carbonyl (C=O) groups excluding carboxylic acids is 1. The number of para-hydroxylation sites is 2. The van der Waals surface area contributed by atoms with Gasteiger partial charge in [-0.15, -0.1) is 0 Å². The predicted molar refractivity (Wildman–Crippen MR) is 86.5 cm³/mol. The molecule has 1 amide bonds. The molecule has 122 valence electrons. The average Bonchev–Trinajstić information content (AvgIpc) is 3.22. The van der Waals surface area contributed by atoms with Crippen LogP contribution in [0.2, 0.25) is 0 Å². The molecule has 3 heterocycles. The summed E-state index contributed by atoms with van der Waals surface area (Å²) in [4.78, 5) is 22.5. The molecule has 0 radical (unpaired) electrons. The van der Waals surface area contributed by atoms with E-state index < -0.39 is 9.84 Å². The van der Waals surface area contributed by atoms with E-state index in [1.165, 1.54) is 0 Å². The van der Waals surface area contributed by atoms with Gasteiger partial charge in [-0.1, -0.05) is 12.1 Å². The second-order valence-corrected chi connectivity index (χ2v) is 8.66. The molecule has 2 aliphatic heterocycles. The Labute approximate surface area is 134 Å². The molecule has 0 saturated carbocycles. The monoisotopic (exact) mass is 333 g/mol. The summed E-state index contributed by atoms with van der Waals surface area (Å²) in [6, 6.07) is 7.73. The van der Waals surface area contributed by atoms with Gasteiger partial charge in [-0.05, 0) is 31.4 Å². The van der Waals surface area contributed by atoms with Crippen LogP contribution in [0, 0.1) is 5.92 Å². The maximum atomic E-state index is 12.8. The van der Waals surface area contributed by atoms with Crippen molar-refractivity contribution in [2.45, 2.75) is 25.3 Å². The van der Waals surface area contributed by atoms with Crippen molar-refractivity contribution >= 4 is 26.8 Å². The van der Waals surface area contributed by atoms with Gasteiger partial charge in [0.05, 0.1) is 34.5 Å². The van der Waals surface area contributed by atoms with Gasteiger partial charge >= 0.3 is 0 Å². The summed E-state index contributed by atoms with van der Waals surface area (Å²) >= 11 is 0. The smallest absolute Gasteiger partial charge is 0.227 e. The van der Waals surface area contributed by atoms with Crippen LogP contribution >= 0.6 is 0 Å². The van der Waals surface area contributed by atoms with Crippen LogP contribution in [0.1, 0.15) is 31.1 Å². The van der Waals surface area contributed by atoms with E-state index in [0.29, 0.717) is 13.0 Å². The van der Waals surface area contributed by atoms with Crippen LogP contribution in [0.4, 0.5) is 0 Å². The molecule has 1 N–H and O–H groups in total. The standard InChI is InChI=1S/C16H19N3O3S/c20-16(11-7-9-23(21,22)10-11)19-8-3-6-14(19)15-17-12-4-1-2-5-13(12)18-15/h1-2,4-5,11,14H,3,6-10H2,(H,17,18)/t11-,14+/m1/s1. The highest BCUT2D eigenvalue weighted by atomic mass is 32.2. The number of sulfone groups is 1. The Bertz CT molecular complexity index is 825. The highest BCUT2D eigenvalue weighted by Gasteiger charge is 2.40. The molecular weight excluding hydrogens is 314 g/mol. The van der Waals surface area contributed by atoms with Crippen LogP contribution in [-0.2, 0) is 14.6 Å². The topological polar surface area (TPSA) is 83.1 Å². The van der Waals surface area contributed by atoms with Crippen molar-refractivity contribution in [1.82, 2.24) is 14.9 Å². The predicted octanol–water partition coefficient (Wildman–Crippen LogP) is 1.66. The fraction of sp³-hybridized carbons (Fsp3) is 0.500. The molecule has 2 saturated heterocycles. The van der Waals surface area contributed by atoms with E-state index in [2.05, 4.69) is 9.97 Å². The number of nitrogens with zero attached hydrogens (tertiary/aromatic N) is 2. The minimum Gasteiger partial charge on any atom is -0.340 e. The van der Waals surface area contributed by atoms with Gasteiger partial charge in [-0.2, -0.15) is 0 Å². The third-order valence-electron chi connectivity index (χ3n) is 4.84. The van der Waals surface area contributed by atoms with E-state index in [-0.39, 0.29) is 29.4 Å². The molecule has 2 aromatic rings. The molecule has 0 spiro atoms. The summed E-state index contributed by atoms with van der Waals surface area (Å²) in [5.41, 5.74) is 1.86. The fourth-order valence-corrected chi connectivity index (χ4v) is 5.40. The third-order valence-corrected chi connectivity index (χ3v) is 6.61. The van der Waals surface area contributed by atoms with Crippen LogP contribution in [0.5, 0.6) is 0 Å². The lowest BCUT2D eigenvalue weighted by Gasteiger charge is -2.25. The number of carbonyl (C=O) groups is 1. The van der Waals surface area contributed by atoms with E-state index in [4.69, 9.17) is 0 Å². The first-order valence-corrected chi connectivity index (χ1v) is 9.81. The number of amides is 1. The van der Waals surface area contributed by atoms with Crippen LogP contribution in [-0.4, -0.2) is 47.2 Å². The highest BCUT2D eigenvalue weighted by Crippen LogP contribution is 2.34. The van der Waals surface area contributed by atoms with Crippen molar-refractivity contribution in [1.29, 1.82) is 0 Å². The summed E-state index contributed by atoms with van der Waals surface area (Å²) in [6.07, 6.45) is 2.24. The molecule has 23 heavy (non-hydrogen) atoms. The number of hydrogen-bond acceptors (Lipinski definition) is 4. The Balaban J connectivity index is 1.60. The SMILES string of the molecule is O=C([C@@H]1CCS(=O)(=O)C1)N1CCC[C@H]1c1nc2ccccc2[nH]1. The average molecular weight is 333 g/mol. The van der Waals surface area contributed by atoms with Gasteiger partial charge in [0, 0.05) is 6.54 Å². The van der Waals surface area contributed by atoms with Gasteiger partial charge in [0.25, 0.3) is 0 Å². The lowest BCUT2D eigenvalue weighted by molar-refractivity contribution is -0.135. The molecule has 2 fully saturated rings. The second-order valence-electron chi connectivity index (χ2n) is 6.43. The Morgan fingerprint density at radius 2 is 2.09 bits per heavy atom. The maximum Gasteiger partial charge on any atom is 0.227 e. The number of nitrogens with one attached hydrogen (secondary N) is 1. The first-order valence-electron chi connectivity index (χ1n) is 7.99. The number of hydrogen-bond donors (Lipinski definition) is 1. The normalized spacial score (nSPS) is 26.9. The van der Waals surface area contributed by atoms with Gasteiger partial charge in [0.1, 0.15) is 5.82 Å². The molecule has 0 unspecified atom stereocenters. The van der Waals surface area contributed by atoms with Crippen molar-refractivity contribution in [2.24, 2.45) is 5.92 Å². The molecule has 2 aliphatic rings. The number of rotatable bonds is 2. The summed E-state index contributed by atoms with van der Waals surface area (Å²) in [5, 5.41) is 0. The number of benzene rings is 1. The van der Waals surface area contributed by atoms with E-state index in [1.54, 1.807) is 0 Å². The number of fused-ring (bicyclic) bond motifs is 1. The minimum atomic E-state index is -3.04. The summed E-state index contributed by atoms with van der Waals surface area (Å²) < 4.78 is 23.3. The van der Waals surface area contributed by atoms with E-state index in [1.807, 2.05) is 29.2 Å². The number of H-pyrrole nitrogens is 1. The van der Waals surface area contributed by atoms with Crippen molar-refractivity contribution in [3.63, 3.8) is 0 Å². The molecular formula is C16H19N3O3S. The fourth-order valence-electron chi connectivity index (χ4n) is 3.67. The van der Waals surface area contributed by atoms with Gasteiger partial charge in [0.15, 0.2) is 9.84 Å². The summed E-state index contributed by atoms with van der Waals surface area (Å²) in [7, 11) is -3.04. The van der Waals surface area contributed by atoms with Crippen LogP contribution in [0.15, 0.2) is 24.3 Å². The molecule has 0 bridgehead atoms. The van der Waals surface area contributed by atoms with Gasteiger partial charge in [0.2, 0.25) is 5.91 Å². The van der Waals surface area contributed by atoms with E-state index in [9.17, 15) is 13.2 Å². The third kappa shape index (κ3) is 2.63. The minimum absolute atomic E-state index is 0.00478. The lowest BCUT2D eigenvalue weighted by atomic mass is 10.1. The van der Waals surface area contributed by atoms with Crippen LogP contribution in [0.3, 0.4) is 0 Å². The van der Waals surface area contributed by atoms with Crippen molar-refractivity contribution in [2.75, 3.05) is 18.1 Å². The molecule has 7 heteroatoms. The Morgan fingerprint density at radius 1 is 1.26 bits per heavy atom. The number of imidazole rings is 1. The van der Waals surface area contributed by atoms with Crippen LogP contribution in [0.25, 0.3) is 11.0 Å². The van der Waals surface area contributed by atoms with Gasteiger partial charge in [-0.25, -0.2) is 13.4 Å². The Hall–Kier alpha value is -1.89. The first kappa shape index (κ1) is 14.7. The van der Waals surface area contributed by atoms with E-state index in [0.717, 1.165) is 29.7 Å². The van der Waals surface area contributed by atoms with E-state index >= 15 is 0 Å². The largest absolute Gasteiger partial charge is 0.340 e. The van der Waals surface area contributed by atoms with Crippen LogP contribution < -0.4 is 0 Å². The Morgan fingerprint density at radius 3 is 2.83 bits per heavy atom. The second kappa shape index (κ2) is 5.33. The molecule has 2 atom stereocenters. The zero-order valence-corrected chi connectivity index (χ0v) is 13.6. The van der Waals surface area contributed by atoms with Crippen molar-refractivity contribution in [3.05, 3.63) is 30.1 Å². The van der Waals surface area contributed by atoms with Crippen molar-refractivity contribution < 1.29 is 13.2 Å². The lowest BCUT2D eigenvalue weighted by Crippen LogP contribution is -2.36. The maximum absolute atomic E-state index is 12.8. The number of aromatic nitrogens is 2. The molecule has 1 aromatic carbocycles. The Kier molecular flexibility index (Phi) is 3.41. The highest BCUT2D eigenvalue weighted by molar-refractivity contribution is 7.91. The molecule has 1 aromatic heterocycles. The van der Waals surface area contributed by atoms with Gasteiger partial charge in [-0.3, -0.25) is 4.79 Å². The zero-order valence-electron chi connectivity index (χ0n) is 12.7. The number of likely N-dealkylation sites (tertiary alicyclic amines) is 1. The molecule has 6 nitrogen and oxygen atoms in total. The summed E-state index contributed by atoms with van der Waals surface area (Å²) in [6.45, 7) is 0.678. The number of aromatic amines is 1. The quantitative estimate of drug-likeness (QED) is 0.906. The van der Waals surface area contributed by atoms with Crippen molar-refractivity contribution in [3.8, 4) is 0 Å². The molecule has 4 rings (SSSR count). The first-order chi connectivity index (χ1) is 11.0. The van der Waals surface area contributed by atoms with Gasteiger partial charge < -0.3 is 9.88 Å². The summed E-state index contributed by atoms with van der Waals surface area (Å²) in [5.74, 6) is 0.513.